The largest absolute Gasteiger partial charge is 0.396 e. The Bertz CT molecular complexity index is 747. The molecule has 0 aromatic rings. The van der Waals surface area contributed by atoms with E-state index in [4.69, 9.17) is 0 Å². The highest BCUT2D eigenvalue weighted by atomic mass is 16.3. The van der Waals surface area contributed by atoms with Gasteiger partial charge in [-0.05, 0) is 117 Å². The fourth-order valence-corrected chi connectivity index (χ4v) is 5.33. The summed E-state index contributed by atoms with van der Waals surface area (Å²) in [4.78, 5) is 11.5. The van der Waals surface area contributed by atoms with Crippen molar-refractivity contribution in [1.29, 1.82) is 0 Å². The second kappa shape index (κ2) is 14.1. The smallest absolute Gasteiger partial charge is 0.145 e. The molecule has 0 aromatic carbocycles. The second-order valence-corrected chi connectivity index (χ2v) is 10.9. The summed E-state index contributed by atoms with van der Waals surface area (Å²) in [6.45, 7) is 14.9. The first-order valence-corrected chi connectivity index (χ1v) is 12.9. The van der Waals surface area contributed by atoms with Crippen LogP contribution in [0.15, 0.2) is 46.1 Å². The van der Waals surface area contributed by atoms with Crippen molar-refractivity contribution in [1.82, 2.24) is 0 Å². The molecule has 3 atom stereocenters. The number of carbonyl (C=O) groups is 1. The van der Waals surface area contributed by atoms with Crippen LogP contribution in [-0.2, 0) is 4.79 Å². The highest BCUT2D eigenvalue weighted by molar-refractivity contribution is 5.74. The van der Waals surface area contributed by atoms with Crippen molar-refractivity contribution >= 4 is 6.29 Å². The van der Waals surface area contributed by atoms with E-state index in [9.17, 15) is 15.0 Å². The van der Waals surface area contributed by atoms with Crippen molar-refractivity contribution in [3.8, 4) is 0 Å². The molecular weight excluding hydrogens is 408 g/mol. The van der Waals surface area contributed by atoms with Crippen LogP contribution in [0.3, 0.4) is 0 Å². The first kappa shape index (κ1) is 29.6. The van der Waals surface area contributed by atoms with Gasteiger partial charge in [0.25, 0.3) is 0 Å². The average molecular weight is 459 g/mol. The quantitative estimate of drug-likeness (QED) is 0.169. The van der Waals surface area contributed by atoms with Crippen molar-refractivity contribution < 1.29 is 15.0 Å². The minimum absolute atomic E-state index is 0.124. The summed E-state index contributed by atoms with van der Waals surface area (Å²) in [5.41, 5.74) is 5.12. The van der Waals surface area contributed by atoms with Crippen LogP contribution in [0.2, 0.25) is 0 Å². The predicted molar refractivity (Wildman–Crippen MR) is 141 cm³/mol. The van der Waals surface area contributed by atoms with Crippen LogP contribution in [0.25, 0.3) is 0 Å². The minimum atomic E-state index is -0.785. The molecule has 0 unspecified atom stereocenters. The lowest BCUT2D eigenvalue weighted by molar-refractivity contribution is -0.115. The van der Waals surface area contributed by atoms with Gasteiger partial charge in [0.2, 0.25) is 0 Å². The van der Waals surface area contributed by atoms with E-state index < -0.39 is 5.60 Å². The lowest BCUT2D eigenvalue weighted by Gasteiger charge is -2.53. The standard InChI is InChI=1S/C30H50O3/c1-23(2)12-8-13-24(3)14-9-15-25(4)16-10-19-29(6)28(17-11-21-31)27(26(5)22-32)18-20-30(29,7)33/h12,14,16,22,28,31,33H,8-11,13,15,17-21H2,1-7H3/b24-14+,25-16-,27-26-/t28-,29+,30+/m1/s1. The fourth-order valence-electron chi connectivity index (χ4n) is 5.33. The van der Waals surface area contributed by atoms with E-state index in [2.05, 4.69) is 52.8 Å². The zero-order valence-electron chi connectivity index (χ0n) is 22.5. The number of hydrogen-bond acceptors (Lipinski definition) is 3. The van der Waals surface area contributed by atoms with Crippen LogP contribution in [0.1, 0.15) is 113 Å². The molecule has 1 saturated carbocycles. The lowest BCUT2D eigenvalue weighted by atomic mass is 9.54. The topological polar surface area (TPSA) is 57.5 Å². The molecule has 0 heterocycles. The summed E-state index contributed by atoms with van der Waals surface area (Å²) in [5, 5.41) is 20.9. The Balaban J connectivity index is 2.83. The number of rotatable bonds is 13. The Kier molecular flexibility index (Phi) is 12.6. The van der Waals surface area contributed by atoms with Crippen LogP contribution in [-0.4, -0.2) is 28.7 Å². The monoisotopic (exact) mass is 458 g/mol. The Morgan fingerprint density at radius 3 is 2.09 bits per heavy atom. The highest BCUT2D eigenvalue weighted by Crippen LogP contribution is 2.55. The highest BCUT2D eigenvalue weighted by Gasteiger charge is 2.51. The molecule has 0 bridgehead atoms. The van der Waals surface area contributed by atoms with Crippen LogP contribution in [0.5, 0.6) is 0 Å². The molecule has 0 amide bonds. The molecule has 0 aromatic heterocycles. The Morgan fingerprint density at radius 2 is 1.55 bits per heavy atom. The molecule has 0 spiro atoms. The molecule has 0 radical (unpaired) electrons. The molecular formula is C30H50O3. The third kappa shape index (κ3) is 9.02. The molecule has 2 N–H and O–H groups in total. The molecule has 3 nitrogen and oxygen atoms in total. The van der Waals surface area contributed by atoms with Crippen molar-refractivity contribution in [2.45, 2.75) is 118 Å². The van der Waals surface area contributed by atoms with Gasteiger partial charge < -0.3 is 10.2 Å². The van der Waals surface area contributed by atoms with E-state index >= 15 is 0 Å². The summed E-state index contributed by atoms with van der Waals surface area (Å²) in [5.74, 6) is 0.124. The van der Waals surface area contributed by atoms with Gasteiger partial charge >= 0.3 is 0 Å². The van der Waals surface area contributed by atoms with Gasteiger partial charge in [-0.3, -0.25) is 4.79 Å². The maximum Gasteiger partial charge on any atom is 0.145 e. The number of aldehydes is 1. The molecule has 1 aliphatic rings. The first-order valence-electron chi connectivity index (χ1n) is 12.9. The third-order valence-corrected chi connectivity index (χ3v) is 7.91. The van der Waals surface area contributed by atoms with E-state index in [1.165, 1.54) is 22.3 Å². The number of hydrogen-bond donors (Lipinski definition) is 2. The predicted octanol–water partition coefficient (Wildman–Crippen LogP) is 7.64. The first-order chi connectivity index (χ1) is 15.5. The molecule has 1 fully saturated rings. The maximum atomic E-state index is 11.5. The molecule has 0 saturated heterocycles. The van der Waals surface area contributed by atoms with Gasteiger partial charge in [-0.25, -0.2) is 0 Å². The van der Waals surface area contributed by atoms with Gasteiger partial charge in [-0.2, -0.15) is 0 Å². The summed E-state index contributed by atoms with van der Waals surface area (Å²) < 4.78 is 0. The molecule has 0 aliphatic heterocycles. The van der Waals surface area contributed by atoms with Crippen molar-refractivity contribution in [2.24, 2.45) is 11.3 Å². The molecule has 3 heteroatoms. The molecule has 1 aliphatic carbocycles. The van der Waals surface area contributed by atoms with Crippen molar-refractivity contribution in [3.63, 3.8) is 0 Å². The lowest BCUT2D eigenvalue weighted by Crippen LogP contribution is -2.52. The molecule has 1 rings (SSSR count). The maximum absolute atomic E-state index is 11.5. The third-order valence-electron chi connectivity index (χ3n) is 7.91. The van der Waals surface area contributed by atoms with Gasteiger partial charge in [0, 0.05) is 12.0 Å². The Labute approximate surface area is 203 Å². The zero-order valence-corrected chi connectivity index (χ0v) is 22.5. The van der Waals surface area contributed by atoms with Crippen molar-refractivity contribution in [2.75, 3.05) is 6.61 Å². The average Bonchev–Trinajstić information content (AvgIpc) is 2.74. The summed E-state index contributed by atoms with van der Waals surface area (Å²) in [6, 6.07) is 0. The summed E-state index contributed by atoms with van der Waals surface area (Å²) in [7, 11) is 0. The number of carbonyl (C=O) groups excluding carboxylic acids is 1. The van der Waals surface area contributed by atoms with Gasteiger partial charge in [0.15, 0.2) is 0 Å². The van der Waals surface area contributed by atoms with Crippen molar-refractivity contribution in [3.05, 3.63) is 46.1 Å². The van der Waals surface area contributed by atoms with E-state index in [1.54, 1.807) is 0 Å². The number of aliphatic hydroxyl groups excluding tert-OH is 1. The van der Waals surface area contributed by atoms with Crippen LogP contribution >= 0.6 is 0 Å². The van der Waals surface area contributed by atoms with Gasteiger partial charge in [0.1, 0.15) is 6.29 Å². The fraction of sp³-hybridized carbons (Fsp3) is 0.700. The van der Waals surface area contributed by atoms with E-state index in [0.717, 1.165) is 63.2 Å². The molecule has 188 valence electrons. The Morgan fingerprint density at radius 1 is 0.970 bits per heavy atom. The summed E-state index contributed by atoms with van der Waals surface area (Å²) in [6.07, 6.45) is 17.1. The van der Waals surface area contributed by atoms with Crippen LogP contribution in [0, 0.1) is 11.3 Å². The summed E-state index contributed by atoms with van der Waals surface area (Å²) >= 11 is 0. The van der Waals surface area contributed by atoms with Crippen LogP contribution < -0.4 is 0 Å². The number of aliphatic hydroxyl groups is 2. The minimum Gasteiger partial charge on any atom is -0.396 e. The van der Waals surface area contributed by atoms with E-state index in [-0.39, 0.29) is 17.9 Å². The molecule has 33 heavy (non-hydrogen) atoms. The van der Waals surface area contributed by atoms with E-state index in [0.29, 0.717) is 12.8 Å². The van der Waals surface area contributed by atoms with Gasteiger partial charge in [-0.15, -0.1) is 0 Å². The normalized spacial score (nSPS) is 28.0. The Hall–Kier alpha value is -1.45. The second-order valence-electron chi connectivity index (χ2n) is 10.9. The van der Waals surface area contributed by atoms with E-state index in [1.807, 2.05) is 13.8 Å². The number of allylic oxidation sites excluding steroid dienone is 8. The van der Waals surface area contributed by atoms with Gasteiger partial charge in [-0.1, -0.05) is 47.4 Å². The zero-order chi connectivity index (χ0) is 25.1. The van der Waals surface area contributed by atoms with Gasteiger partial charge in [0.05, 0.1) is 5.60 Å². The SMILES string of the molecule is CC(C)=CCC/C(C)=C/CC/C(C)=C\CC[C@@]1(C)[C@H](CCCO)/C(=C(/C)C=O)CC[C@]1(C)O. The van der Waals surface area contributed by atoms with Crippen LogP contribution in [0.4, 0.5) is 0 Å².